The first-order valence-corrected chi connectivity index (χ1v) is 7.00. The van der Waals surface area contributed by atoms with Gasteiger partial charge in [0.2, 0.25) is 5.75 Å². The topological polar surface area (TPSA) is 40.0 Å². The van der Waals surface area contributed by atoms with E-state index in [1.807, 2.05) is 19.1 Å². The van der Waals surface area contributed by atoms with Gasteiger partial charge in [0.15, 0.2) is 11.5 Å². The van der Waals surface area contributed by atoms with Gasteiger partial charge < -0.3 is 14.2 Å². The largest absolute Gasteiger partial charge is 0.493 e. The Labute approximate surface area is 131 Å². The van der Waals surface area contributed by atoms with Crippen molar-refractivity contribution in [2.45, 2.75) is 13.8 Å². The Bertz CT molecular complexity index is 668. The van der Waals surface area contributed by atoms with Crippen LogP contribution in [0.1, 0.15) is 16.7 Å². The number of hydrogen-bond donors (Lipinski definition) is 0. The summed E-state index contributed by atoms with van der Waals surface area (Å²) in [5.41, 5.74) is 4.15. The fraction of sp³-hybridized carbons (Fsp3) is 0.278. The smallest absolute Gasteiger partial charge is 0.203 e. The zero-order chi connectivity index (χ0) is 16.1. The van der Waals surface area contributed by atoms with Gasteiger partial charge in [-0.1, -0.05) is 12.1 Å². The summed E-state index contributed by atoms with van der Waals surface area (Å²) in [7, 11) is 4.79. The summed E-state index contributed by atoms with van der Waals surface area (Å²) in [4.78, 5) is 4.57. The normalized spacial score (nSPS) is 10.8. The van der Waals surface area contributed by atoms with Gasteiger partial charge >= 0.3 is 0 Å². The minimum absolute atomic E-state index is 0.578. The fourth-order valence-electron chi connectivity index (χ4n) is 2.18. The Hall–Kier alpha value is -2.49. The second-order valence-electron chi connectivity index (χ2n) is 5.01. The molecule has 0 N–H and O–H groups in total. The summed E-state index contributed by atoms with van der Waals surface area (Å²) in [5, 5.41) is 0. The molecule has 0 aromatic heterocycles. The van der Waals surface area contributed by atoms with Crippen molar-refractivity contribution in [3.63, 3.8) is 0 Å². The summed E-state index contributed by atoms with van der Waals surface area (Å²) < 4.78 is 16.0. The van der Waals surface area contributed by atoms with E-state index >= 15 is 0 Å². The Kier molecular flexibility index (Phi) is 5.04. The van der Waals surface area contributed by atoms with Crippen molar-refractivity contribution >= 4 is 11.9 Å². The van der Waals surface area contributed by atoms with Gasteiger partial charge in [-0.3, -0.25) is 4.99 Å². The molecule has 2 aromatic rings. The molecule has 2 aromatic carbocycles. The number of hydrogen-bond acceptors (Lipinski definition) is 4. The lowest BCUT2D eigenvalue weighted by atomic mass is 10.1. The van der Waals surface area contributed by atoms with Crippen molar-refractivity contribution in [1.82, 2.24) is 0 Å². The highest BCUT2D eigenvalue weighted by molar-refractivity contribution is 5.84. The molecule has 4 nitrogen and oxygen atoms in total. The summed E-state index contributed by atoms with van der Waals surface area (Å²) in [6.45, 7) is 4.10. The van der Waals surface area contributed by atoms with Crippen molar-refractivity contribution in [2.24, 2.45) is 4.99 Å². The number of rotatable bonds is 5. The van der Waals surface area contributed by atoms with Crippen LogP contribution in [0.3, 0.4) is 0 Å². The third-order valence-corrected chi connectivity index (χ3v) is 3.40. The molecule has 0 saturated carbocycles. The molecule has 0 spiro atoms. The molecule has 0 atom stereocenters. The minimum Gasteiger partial charge on any atom is -0.493 e. The third-order valence-electron chi connectivity index (χ3n) is 3.40. The molecule has 0 saturated heterocycles. The number of aryl methyl sites for hydroxylation is 2. The monoisotopic (exact) mass is 299 g/mol. The van der Waals surface area contributed by atoms with Crippen molar-refractivity contribution < 1.29 is 14.2 Å². The van der Waals surface area contributed by atoms with Crippen LogP contribution in [-0.2, 0) is 0 Å². The molecule has 0 bridgehead atoms. The van der Waals surface area contributed by atoms with E-state index in [2.05, 4.69) is 30.1 Å². The Morgan fingerprint density at radius 1 is 0.864 bits per heavy atom. The van der Waals surface area contributed by atoms with Crippen molar-refractivity contribution in [1.29, 1.82) is 0 Å². The van der Waals surface area contributed by atoms with Crippen LogP contribution in [0.2, 0.25) is 0 Å². The third kappa shape index (κ3) is 3.39. The lowest BCUT2D eigenvalue weighted by molar-refractivity contribution is 0.324. The second kappa shape index (κ2) is 6.98. The summed E-state index contributed by atoms with van der Waals surface area (Å²) in [6, 6.07) is 9.95. The molecule has 0 amide bonds. The first-order chi connectivity index (χ1) is 10.6. The van der Waals surface area contributed by atoms with Gasteiger partial charge in [0.25, 0.3) is 0 Å². The highest BCUT2D eigenvalue weighted by atomic mass is 16.5. The molecule has 2 rings (SSSR count). The number of benzene rings is 2. The molecule has 0 fully saturated rings. The average molecular weight is 299 g/mol. The molecule has 0 aliphatic heterocycles. The molecule has 0 aliphatic carbocycles. The standard InChI is InChI=1S/C18H21NO3/c1-12-6-7-13(2)15(8-12)19-11-14-9-16(20-3)18(22-5)17(10-14)21-4/h6-11H,1-5H3. The maximum Gasteiger partial charge on any atom is 0.203 e. The number of ether oxygens (including phenoxy) is 3. The van der Waals surface area contributed by atoms with Crippen LogP contribution >= 0.6 is 0 Å². The van der Waals surface area contributed by atoms with E-state index in [9.17, 15) is 0 Å². The molecule has 0 aliphatic rings. The molecular formula is C18H21NO3. The van der Waals surface area contributed by atoms with Crippen LogP contribution in [-0.4, -0.2) is 27.5 Å². The Morgan fingerprint density at radius 2 is 1.50 bits per heavy atom. The molecular weight excluding hydrogens is 278 g/mol. The zero-order valence-corrected chi connectivity index (χ0v) is 13.6. The predicted molar refractivity (Wildman–Crippen MR) is 89.3 cm³/mol. The average Bonchev–Trinajstić information content (AvgIpc) is 2.54. The Balaban J connectivity index is 2.40. The molecule has 116 valence electrons. The van der Waals surface area contributed by atoms with Crippen LogP contribution in [0.5, 0.6) is 17.2 Å². The van der Waals surface area contributed by atoms with E-state index < -0.39 is 0 Å². The van der Waals surface area contributed by atoms with Gasteiger partial charge in [-0.05, 0) is 43.2 Å². The SMILES string of the molecule is COc1cc(C=Nc2cc(C)ccc2C)cc(OC)c1OC. The highest BCUT2D eigenvalue weighted by Crippen LogP contribution is 2.37. The van der Waals surface area contributed by atoms with Crippen LogP contribution < -0.4 is 14.2 Å². The fourth-order valence-corrected chi connectivity index (χ4v) is 2.18. The highest BCUT2D eigenvalue weighted by Gasteiger charge is 2.12. The summed E-state index contributed by atoms with van der Waals surface area (Å²) in [6.07, 6.45) is 1.80. The van der Waals surface area contributed by atoms with Gasteiger partial charge in [-0.15, -0.1) is 0 Å². The van der Waals surface area contributed by atoms with E-state index in [-0.39, 0.29) is 0 Å². The summed E-state index contributed by atoms with van der Waals surface area (Å²) in [5.74, 6) is 1.81. The van der Waals surface area contributed by atoms with Crippen molar-refractivity contribution in [2.75, 3.05) is 21.3 Å². The molecule has 22 heavy (non-hydrogen) atoms. The van der Waals surface area contributed by atoms with E-state index in [0.29, 0.717) is 17.2 Å². The van der Waals surface area contributed by atoms with Gasteiger partial charge in [0, 0.05) is 11.8 Å². The van der Waals surface area contributed by atoms with Crippen LogP contribution in [0.4, 0.5) is 5.69 Å². The summed E-state index contributed by atoms with van der Waals surface area (Å²) >= 11 is 0. The predicted octanol–water partition coefficient (Wildman–Crippen LogP) is 4.08. The van der Waals surface area contributed by atoms with Crippen molar-refractivity contribution in [3.05, 3.63) is 47.0 Å². The van der Waals surface area contributed by atoms with E-state index in [4.69, 9.17) is 14.2 Å². The number of aliphatic imine (C=N–C) groups is 1. The van der Waals surface area contributed by atoms with E-state index in [1.165, 1.54) is 5.56 Å². The van der Waals surface area contributed by atoms with E-state index in [1.54, 1.807) is 27.5 Å². The molecule has 0 radical (unpaired) electrons. The van der Waals surface area contributed by atoms with Gasteiger partial charge in [0.1, 0.15) is 0 Å². The van der Waals surface area contributed by atoms with E-state index in [0.717, 1.165) is 16.8 Å². The maximum atomic E-state index is 5.35. The Morgan fingerprint density at radius 3 is 2.05 bits per heavy atom. The van der Waals surface area contributed by atoms with Gasteiger partial charge in [-0.25, -0.2) is 0 Å². The molecule has 0 heterocycles. The first kappa shape index (κ1) is 15.9. The van der Waals surface area contributed by atoms with Gasteiger partial charge in [0.05, 0.1) is 27.0 Å². The van der Waals surface area contributed by atoms with Crippen LogP contribution in [0.25, 0.3) is 0 Å². The number of methoxy groups -OCH3 is 3. The van der Waals surface area contributed by atoms with Crippen LogP contribution in [0.15, 0.2) is 35.3 Å². The minimum atomic E-state index is 0.578. The lowest BCUT2D eigenvalue weighted by Gasteiger charge is -2.12. The first-order valence-electron chi connectivity index (χ1n) is 7.00. The quantitative estimate of drug-likeness (QED) is 0.781. The number of nitrogens with zero attached hydrogens (tertiary/aromatic N) is 1. The van der Waals surface area contributed by atoms with Crippen molar-refractivity contribution in [3.8, 4) is 17.2 Å². The zero-order valence-electron chi connectivity index (χ0n) is 13.6. The second-order valence-corrected chi connectivity index (χ2v) is 5.01. The van der Waals surface area contributed by atoms with Crippen LogP contribution in [0, 0.1) is 13.8 Å². The molecule has 0 unspecified atom stereocenters. The lowest BCUT2D eigenvalue weighted by Crippen LogP contribution is -1.96. The maximum absolute atomic E-state index is 5.35. The van der Waals surface area contributed by atoms with Gasteiger partial charge in [-0.2, -0.15) is 0 Å². The molecule has 4 heteroatoms.